The molecule has 4 heteroatoms. The van der Waals surface area contributed by atoms with E-state index in [1.807, 2.05) is 20.3 Å². The van der Waals surface area contributed by atoms with Crippen LogP contribution in [0, 0.1) is 28.6 Å². The number of ether oxygens (including phenoxy) is 4. The lowest BCUT2D eigenvalue weighted by Crippen LogP contribution is -2.43. The molecular weight excluding hydrogens is 400 g/mol. The van der Waals surface area contributed by atoms with Crippen molar-refractivity contribution in [1.29, 1.82) is 0 Å². The average molecular weight is 451 g/mol. The van der Waals surface area contributed by atoms with E-state index >= 15 is 0 Å². The molecule has 1 aliphatic rings. The van der Waals surface area contributed by atoms with E-state index in [1.54, 1.807) is 14.2 Å². The Labute approximate surface area is 198 Å². The molecule has 1 fully saturated rings. The van der Waals surface area contributed by atoms with E-state index in [1.165, 1.54) is 31.2 Å². The molecule has 1 saturated carbocycles. The zero-order chi connectivity index (χ0) is 24.0. The topological polar surface area (TPSA) is 36.9 Å². The second kappa shape index (κ2) is 15.1. The van der Waals surface area contributed by atoms with Crippen LogP contribution in [0.15, 0.2) is 30.3 Å². The van der Waals surface area contributed by atoms with Crippen LogP contribution in [0.1, 0.15) is 58.9 Å². The van der Waals surface area contributed by atoms with Crippen LogP contribution in [0.2, 0.25) is 0 Å². The van der Waals surface area contributed by atoms with Crippen molar-refractivity contribution in [3.05, 3.63) is 35.9 Å². The van der Waals surface area contributed by atoms with Gasteiger partial charge in [-0.05, 0) is 42.6 Å². The van der Waals surface area contributed by atoms with Crippen molar-refractivity contribution >= 4 is 0 Å². The Morgan fingerprint density at radius 3 is 1.56 bits per heavy atom. The Kier molecular flexibility index (Phi) is 13.7. The van der Waals surface area contributed by atoms with Crippen LogP contribution < -0.4 is 0 Å². The highest BCUT2D eigenvalue weighted by Crippen LogP contribution is 2.45. The van der Waals surface area contributed by atoms with Gasteiger partial charge in [-0.2, -0.15) is 0 Å². The third-order valence-corrected chi connectivity index (χ3v) is 7.63. The smallest absolute Gasteiger partial charge is 0.0546 e. The summed E-state index contributed by atoms with van der Waals surface area (Å²) < 4.78 is 21.7. The lowest BCUT2D eigenvalue weighted by Gasteiger charge is -2.41. The molecule has 32 heavy (non-hydrogen) atoms. The number of rotatable bonds is 13. The first kappa shape index (κ1) is 29.1. The zero-order valence-corrected chi connectivity index (χ0v) is 22.1. The first-order valence-corrected chi connectivity index (χ1v) is 12.3. The highest BCUT2D eigenvalue weighted by Gasteiger charge is 2.42. The molecule has 2 rings (SSSR count). The van der Waals surface area contributed by atoms with Gasteiger partial charge in [-0.1, -0.05) is 70.9 Å². The van der Waals surface area contributed by atoms with Gasteiger partial charge < -0.3 is 18.9 Å². The number of benzene rings is 1. The van der Waals surface area contributed by atoms with Crippen LogP contribution in [-0.4, -0.2) is 54.9 Å². The van der Waals surface area contributed by atoms with Gasteiger partial charge in [-0.25, -0.2) is 0 Å². The normalized spacial score (nSPS) is 15.3. The van der Waals surface area contributed by atoms with E-state index in [2.05, 4.69) is 52.0 Å². The maximum Gasteiger partial charge on any atom is 0.0546 e. The minimum absolute atomic E-state index is 0.0604. The number of methoxy groups -OCH3 is 4. The molecule has 0 aromatic heterocycles. The average Bonchev–Trinajstić information content (AvgIpc) is 3.30. The number of hydrogen-bond acceptors (Lipinski definition) is 4. The standard InChI is InChI=1S/C15H24O2.C13H26O2/c1-13(2)15(11-16-3,12-17-4)10-14-8-6-5-7-9-14;1-11(2)13(9-14-3,10-15-4)12-7-5-6-8-12/h5-9,13H,10-12H2,1-4H3;11-12H,5-10H2,1-4H3. The fourth-order valence-electron chi connectivity index (χ4n) is 5.38. The fraction of sp³-hybridized carbons (Fsp3) is 0.786. The van der Waals surface area contributed by atoms with E-state index in [0.717, 1.165) is 38.8 Å². The van der Waals surface area contributed by atoms with Gasteiger partial charge in [0, 0.05) is 39.3 Å². The lowest BCUT2D eigenvalue weighted by molar-refractivity contribution is -0.0594. The van der Waals surface area contributed by atoms with Gasteiger partial charge in [0.25, 0.3) is 0 Å². The lowest BCUT2D eigenvalue weighted by atomic mass is 9.68. The Morgan fingerprint density at radius 2 is 1.19 bits per heavy atom. The van der Waals surface area contributed by atoms with Gasteiger partial charge in [-0.15, -0.1) is 0 Å². The molecule has 4 nitrogen and oxygen atoms in total. The maximum atomic E-state index is 5.45. The molecule has 0 atom stereocenters. The van der Waals surface area contributed by atoms with Crippen molar-refractivity contribution in [1.82, 2.24) is 0 Å². The Morgan fingerprint density at radius 1 is 0.719 bits per heavy atom. The molecule has 0 spiro atoms. The first-order valence-electron chi connectivity index (χ1n) is 12.3. The Hall–Kier alpha value is -0.940. The molecule has 1 aromatic rings. The van der Waals surface area contributed by atoms with Crippen LogP contribution >= 0.6 is 0 Å². The monoisotopic (exact) mass is 450 g/mol. The molecule has 0 aliphatic heterocycles. The third-order valence-electron chi connectivity index (χ3n) is 7.63. The summed E-state index contributed by atoms with van der Waals surface area (Å²) in [7, 11) is 7.14. The summed E-state index contributed by atoms with van der Waals surface area (Å²) in [6, 6.07) is 10.6. The first-order chi connectivity index (χ1) is 15.3. The Bertz CT molecular complexity index is 566. The van der Waals surface area contributed by atoms with Gasteiger partial charge in [0.05, 0.1) is 26.4 Å². The summed E-state index contributed by atoms with van der Waals surface area (Å²) in [6.45, 7) is 12.2. The minimum Gasteiger partial charge on any atom is -0.384 e. The second-order valence-electron chi connectivity index (χ2n) is 10.3. The highest BCUT2D eigenvalue weighted by molar-refractivity contribution is 5.17. The minimum atomic E-state index is 0.0604. The molecule has 1 aliphatic carbocycles. The summed E-state index contributed by atoms with van der Waals surface area (Å²) in [5.74, 6) is 1.93. The van der Waals surface area contributed by atoms with Gasteiger partial charge in [0.1, 0.15) is 0 Å². The van der Waals surface area contributed by atoms with Crippen molar-refractivity contribution in [3.8, 4) is 0 Å². The zero-order valence-electron chi connectivity index (χ0n) is 22.1. The molecule has 0 radical (unpaired) electrons. The highest BCUT2D eigenvalue weighted by atomic mass is 16.5. The van der Waals surface area contributed by atoms with E-state index in [0.29, 0.717) is 11.8 Å². The van der Waals surface area contributed by atoms with Gasteiger partial charge >= 0.3 is 0 Å². The van der Waals surface area contributed by atoms with Crippen LogP contribution in [0.5, 0.6) is 0 Å². The van der Waals surface area contributed by atoms with Crippen LogP contribution in [0.25, 0.3) is 0 Å². The van der Waals surface area contributed by atoms with E-state index in [-0.39, 0.29) is 10.8 Å². The molecular formula is C28H50O4. The summed E-state index contributed by atoms with van der Waals surface area (Å²) in [6.07, 6.45) is 6.46. The molecule has 0 bridgehead atoms. The predicted molar refractivity (Wildman–Crippen MR) is 134 cm³/mol. The molecule has 1 aromatic carbocycles. The van der Waals surface area contributed by atoms with Crippen molar-refractivity contribution in [2.24, 2.45) is 28.6 Å². The van der Waals surface area contributed by atoms with Crippen LogP contribution in [0.4, 0.5) is 0 Å². The fourth-order valence-corrected chi connectivity index (χ4v) is 5.38. The number of hydrogen-bond donors (Lipinski definition) is 0. The molecule has 0 N–H and O–H groups in total. The second-order valence-corrected chi connectivity index (χ2v) is 10.3. The van der Waals surface area contributed by atoms with Crippen LogP contribution in [0.3, 0.4) is 0 Å². The van der Waals surface area contributed by atoms with Gasteiger partial charge in [0.2, 0.25) is 0 Å². The van der Waals surface area contributed by atoms with Crippen molar-refractivity contribution in [3.63, 3.8) is 0 Å². The largest absolute Gasteiger partial charge is 0.384 e. The molecule has 0 amide bonds. The Balaban J connectivity index is 0.000000323. The van der Waals surface area contributed by atoms with E-state index in [4.69, 9.17) is 18.9 Å². The molecule has 0 saturated heterocycles. The van der Waals surface area contributed by atoms with E-state index < -0.39 is 0 Å². The molecule has 0 heterocycles. The molecule has 186 valence electrons. The van der Waals surface area contributed by atoms with Crippen molar-refractivity contribution in [2.75, 3.05) is 54.9 Å². The maximum absolute atomic E-state index is 5.45. The SMILES string of the molecule is COCC(COC)(C(C)C)C1CCCC1.COCC(COC)(Cc1ccccc1)C(C)C. The predicted octanol–water partition coefficient (Wildman–Crippen LogP) is 6.28. The van der Waals surface area contributed by atoms with Gasteiger partial charge in [0.15, 0.2) is 0 Å². The van der Waals surface area contributed by atoms with Gasteiger partial charge in [-0.3, -0.25) is 0 Å². The summed E-state index contributed by atoms with van der Waals surface area (Å²) >= 11 is 0. The van der Waals surface area contributed by atoms with Crippen LogP contribution in [-0.2, 0) is 25.4 Å². The summed E-state index contributed by atoms with van der Waals surface area (Å²) in [5.41, 5.74) is 1.64. The van der Waals surface area contributed by atoms with Crippen molar-refractivity contribution < 1.29 is 18.9 Å². The third kappa shape index (κ3) is 8.13. The summed E-state index contributed by atoms with van der Waals surface area (Å²) in [4.78, 5) is 0. The van der Waals surface area contributed by atoms with Crippen molar-refractivity contribution in [2.45, 2.75) is 59.8 Å². The summed E-state index contributed by atoms with van der Waals surface area (Å²) in [5, 5.41) is 0. The van der Waals surface area contributed by atoms with E-state index in [9.17, 15) is 0 Å². The molecule has 0 unspecified atom stereocenters. The quantitative estimate of drug-likeness (QED) is 0.355.